The Kier molecular flexibility index (Phi) is 3.54. The van der Waals surface area contributed by atoms with Gasteiger partial charge in [-0.1, -0.05) is 29.8 Å². The summed E-state index contributed by atoms with van der Waals surface area (Å²) >= 11 is 6.24. The van der Waals surface area contributed by atoms with Gasteiger partial charge < -0.3 is 14.5 Å². The van der Waals surface area contributed by atoms with E-state index in [1.54, 1.807) is 18.2 Å². The van der Waals surface area contributed by atoms with Gasteiger partial charge >= 0.3 is 5.97 Å². The molecular formula is C16H12ClNO3. The number of benzene rings is 2. The third kappa shape index (κ3) is 2.71. The highest BCUT2D eigenvalue weighted by atomic mass is 35.5. The van der Waals surface area contributed by atoms with Gasteiger partial charge in [0.15, 0.2) is 0 Å². The first kappa shape index (κ1) is 13.5. The molecule has 5 heteroatoms. The van der Waals surface area contributed by atoms with E-state index in [0.717, 1.165) is 5.39 Å². The van der Waals surface area contributed by atoms with Crippen molar-refractivity contribution in [2.45, 2.75) is 0 Å². The molecule has 0 atom stereocenters. The van der Waals surface area contributed by atoms with Crippen LogP contribution >= 0.6 is 11.6 Å². The Morgan fingerprint density at radius 3 is 2.57 bits per heavy atom. The Balaban J connectivity index is 2.00. The summed E-state index contributed by atoms with van der Waals surface area (Å²) in [6.45, 7) is 0. The second-order valence-electron chi connectivity index (χ2n) is 4.46. The summed E-state index contributed by atoms with van der Waals surface area (Å²) in [6, 6.07) is 14.6. The van der Waals surface area contributed by atoms with Crippen LogP contribution in [0.4, 0.5) is 0 Å². The molecule has 0 saturated heterocycles. The van der Waals surface area contributed by atoms with E-state index in [-0.39, 0.29) is 0 Å². The van der Waals surface area contributed by atoms with Crippen molar-refractivity contribution in [2.75, 3.05) is 7.11 Å². The molecule has 3 aromatic rings. The maximum atomic E-state index is 11.5. The van der Waals surface area contributed by atoms with E-state index in [9.17, 15) is 4.79 Å². The number of para-hydroxylation sites is 1. The fourth-order valence-electron chi connectivity index (χ4n) is 2.07. The molecule has 0 unspecified atom stereocenters. The quantitative estimate of drug-likeness (QED) is 0.729. The van der Waals surface area contributed by atoms with E-state index in [4.69, 9.17) is 16.3 Å². The standard InChI is InChI=1S/C16H12ClNO3/c1-20-16(19)15-9-12-13(17)7-11(8-14(12)18-15)21-10-5-3-2-4-6-10/h2-9,18H,1H3. The van der Waals surface area contributed by atoms with Crippen LogP contribution in [0.2, 0.25) is 5.02 Å². The van der Waals surface area contributed by atoms with E-state index in [2.05, 4.69) is 9.72 Å². The predicted octanol–water partition coefficient (Wildman–Crippen LogP) is 4.40. The first-order valence-electron chi connectivity index (χ1n) is 6.31. The van der Waals surface area contributed by atoms with Gasteiger partial charge in [0.05, 0.1) is 17.6 Å². The number of hydrogen-bond donors (Lipinski definition) is 1. The molecule has 3 rings (SSSR count). The second kappa shape index (κ2) is 5.50. The number of methoxy groups -OCH3 is 1. The summed E-state index contributed by atoms with van der Waals surface area (Å²) < 4.78 is 10.4. The van der Waals surface area contributed by atoms with Crippen molar-refractivity contribution < 1.29 is 14.3 Å². The topological polar surface area (TPSA) is 51.3 Å². The van der Waals surface area contributed by atoms with Crippen LogP contribution in [0.3, 0.4) is 0 Å². The van der Waals surface area contributed by atoms with E-state index < -0.39 is 5.97 Å². The van der Waals surface area contributed by atoms with Crippen LogP contribution in [0.5, 0.6) is 11.5 Å². The Hall–Kier alpha value is -2.46. The highest BCUT2D eigenvalue weighted by molar-refractivity contribution is 6.35. The summed E-state index contributed by atoms with van der Waals surface area (Å²) in [5.41, 5.74) is 1.07. The highest BCUT2D eigenvalue weighted by Gasteiger charge is 2.13. The summed E-state index contributed by atoms with van der Waals surface area (Å²) in [5, 5.41) is 1.25. The molecule has 4 nitrogen and oxygen atoms in total. The minimum Gasteiger partial charge on any atom is -0.464 e. The number of carbonyl (C=O) groups excluding carboxylic acids is 1. The number of hydrogen-bond acceptors (Lipinski definition) is 3. The van der Waals surface area contributed by atoms with E-state index in [1.807, 2.05) is 30.3 Å². The number of rotatable bonds is 3. The maximum Gasteiger partial charge on any atom is 0.354 e. The molecule has 1 N–H and O–H groups in total. The molecule has 0 aliphatic heterocycles. The van der Waals surface area contributed by atoms with Gasteiger partial charge in [0.2, 0.25) is 0 Å². The number of carbonyl (C=O) groups is 1. The second-order valence-corrected chi connectivity index (χ2v) is 4.86. The van der Waals surface area contributed by atoms with Gasteiger partial charge in [0.1, 0.15) is 17.2 Å². The van der Waals surface area contributed by atoms with Crippen LogP contribution in [-0.4, -0.2) is 18.1 Å². The van der Waals surface area contributed by atoms with Crippen molar-refractivity contribution in [1.29, 1.82) is 0 Å². The zero-order valence-electron chi connectivity index (χ0n) is 11.2. The number of aromatic amines is 1. The molecular weight excluding hydrogens is 290 g/mol. The van der Waals surface area contributed by atoms with Crippen molar-refractivity contribution in [3.63, 3.8) is 0 Å². The van der Waals surface area contributed by atoms with Crippen LogP contribution in [0.15, 0.2) is 48.5 Å². The lowest BCUT2D eigenvalue weighted by Crippen LogP contribution is -2.00. The Morgan fingerprint density at radius 1 is 1.10 bits per heavy atom. The summed E-state index contributed by atoms with van der Waals surface area (Å²) in [6.07, 6.45) is 0. The molecule has 0 saturated carbocycles. The normalized spacial score (nSPS) is 10.6. The lowest BCUT2D eigenvalue weighted by Gasteiger charge is -2.06. The smallest absolute Gasteiger partial charge is 0.354 e. The molecule has 0 bridgehead atoms. The van der Waals surface area contributed by atoms with Crippen molar-refractivity contribution in [3.05, 3.63) is 59.2 Å². The lowest BCUT2D eigenvalue weighted by atomic mass is 10.2. The maximum absolute atomic E-state index is 11.5. The molecule has 0 aliphatic rings. The number of nitrogens with one attached hydrogen (secondary N) is 1. The number of halogens is 1. The Morgan fingerprint density at radius 2 is 1.86 bits per heavy atom. The zero-order valence-corrected chi connectivity index (χ0v) is 12.0. The van der Waals surface area contributed by atoms with Gasteiger partial charge in [-0.25, -0.2) is 4.79 Å². The van der Waals surface area contributed by atoms with Crippen molar-refractivity contribution >= 4 is 28.5 Å². The first-order chi connectivity index (χ1) is 10.2. The number of fused-ring (bicyclic) bond motifs is 1. The SMILES string of the molecule is COC(=O)c1cc2c(Cl)cc(Oc3ccccc3)cc2[nH]1. The fraction of sp³-hybridized carbons (Fsp3) is 0.0625. The molecule has 0 fully saturated rings. The fourth-order valence-corrected chi connectivity index (χ4v) is 2.34. The van der Waals surface area contributed by atoms with Crippen molar-refractivity contribution in [2.24, 2.45) is 0 Å². The monoisotopic (exact) mass is 301 g/mol. The average Bonchev–Trinajstić information content (AvgIpc) is 2.92. The molecule has 2 aromatic carbocycles. The van der Waals surface area contributed by atoms with Gasteiger partial charge in [0.25, 0.3) is 0 Å². The van der Waals surface area contributed by atoms with Crippen LogP contribution < -0.4 is 4.74 Å². The average molecular weight is 302 g/mol. The number of H-pyrrole nitrogens is 1. The number of aromatic nitrogens is 1. The van der Waals surface area contributed by atoms with Crippen LogP contribution in [0, 0.1) is 0 Å². The highest BCUT2D eigenvalue weighted by Crippen LogP contribution is 2.32. The largest absolute Gasteiger partial charge is 0.464 e. The van der Waals surface area contributed by atoms with E-state index in [0.29, 0.717) is 27.7 Å². The van der Waals surface area contributed by atoms with Gasteiger partial charge in [-0.3, -0.25) is 0 Å². The predicted molar refractivity (Wildman–Crippen MR) is 81.2 cm³/mol. The molecule has 1 aromatic heterocycles. The molecule has 21 heavy (non-hydrogen) atoms. The van der Waals surface area contributed by atoms with Crippen LogP contribution in [0.25, 0.3) is 10.9 Å². The lowest BCUT2D eigenvalue weighted by molar-refractivity contribution is 0.0595. The van der Waals surface area contributed by atoms with Gasteiger partial charge in [0, 0.05) is 17.5 Å². The molecule has 1 heterocycles. The van der Waals surface area contributed by atoms with Gasteiger partial charge in [-0.2, -0.15) is 0 Å². The number of esters is 1. The van der Waals surface area contributed by atoms with E-state index in [1.165, 1.54) is 7.11 Å². The van der Waals surface area contributed by atoms with Crippen molar-refractivity contribution in [1.82, 2.24) is 4.98 Å². The molecule has 0 radical (unpaired) electrons. The van der Waals surface area contributed by atoms with E-state index >= 15 is 0 Å². The first-order valence-corrected chi connectivity index (χ1v) is 6.68. The Bertz CT molecular complexity index is 796. The minimum atomic E-state index is -0.437. The zero-order chi connectivity index (χ0) is 14.8. The summed E-state index contributed by atoms with van der Waals surface area (Å²) in [7, 11) is 1.33. The van der Waals surface area contributed by atoms with Crippen LogP contribution in [-0.2, 0) is 4.74 Å². The molecule has 106 valence electrons. The van der Waals surface area contributed by atoms with Gasteiger partial charge in [-0.05, 0) is 18.2 Å². The number of ether oxygens (including phenoxy) is 2. The Labute approximate surface area is 126 Å². The molecule has 0 spiro atoms. The minimum absolute atomic E-state index is 0.353. The molecule has 0 aliphatic carbocycles. The summed E-state index contributed by atoms with van der Waals surface area (Å²) in [5.74, 6) is 0.873. The molecule has 0 amide bonds. The van der Waals surface area contributed by atoms with Crippen molar-refractivity contribution in [3.8, 4) is 11.5 Å². The van der Waals surface area contributed by atoms with Gasteiger partial charge in [-0.15, -0.1) is 0 Å². The van der Waals surface area contributed by atoms with Crippen LogP contribution in [0.1, 0.15) is 10.5 Å². The third-order valence-electron chi connectivity index (χ3n) is 3.05. The third-order valence-corrected chi connectivity index (χ3v) is 3.36. The summed E-state index contributed by atoms with van der Waals surface area (Å²) in [4.78, 5) is 14.5.